The standard InChI is InChI=1S/C16H35N/c1-6-10-11-15(8-3)13-17-16(9-4)12-14(5)7-2/h14-17H,6-13H2,1-5H3. The van der Waals surface area contributed by atoms with E-state index in [1.54, 1.807) is 0 Å². The Labute approximate surface area is 110 Å². The van der Waals surface area contributed by atoms with Crippen LogP contribution < -0.4 is 5.32 Å². The summed E-state index contributed by atoms with van der Waals surface area (Å²) in [6, 6.07) is 0.737. The Kier molecular flexibility index (Phi) is 11.0. The Bertz CT molecular complexity index is 156. The molecule has 0 spiro atoms. The average Bonchev–Trinajstić information content (AvgIpc) is 2.37. The molecule has 104 valence electrons. The molecule has 0 bridgehead atoms. The molecule has 0 aliphatic heterocycles. The highest BCUT2D eigenvalue weighted by Gasteiger charge is 2.12. The number of nitrogens with one attached hydrogen (secondary N) is 1. The maximum Gasteiger partial charge on any atom is 0.00670 e. The van der Waals surface area contributed by atoms with Crippen LogP contribution in [0.3, 0.4) is 0 Å². The highest BCUT2D eigenvalue weighted by atomic mass is 14.9. The minimum absolute atomic E-state index is 0.737. The fourth-order valence-corrected chi connectivity index (χ4v) is 2.32. The second-order valence-electron chi connectivity index (χ2n) is 5.68. The van der Waals surface area contributed by atoms with Gasteiger partial charge in [0, 0.05) is 6.04 Å². The first-order chi connectivity index (χ1) is 8.17. The third-order valence-electron chi connectivity index (χ3n) is 4.12. The van der Waals surface area contributed by atoms with Gasteiger partial charge in [-0.05, 0) is 37.6 Å². The molecule has 0 heterocycles. The van der Waals surface area contributed by atoms with Crippen molar-refractivity contribution in [2.75, 3.05) is 6.54 Å². The van der Waals surface area contributed by atoms with Gasteiger partial charge in [-0.3, -0.25) is 0 Å². The van der Waals surface area contributed by atoms with Crippen molar-refractivity contribution in [2.24, 2.45) is 11.8 Å². The fourth-order valence-electron chi connectivity index (χ4n) is 2.32. The first-order valence-corrected chi connectivity index (χ1v) is 7.91. The zero-order valence-corrected chi connectivity index (χ0v) is 12.9. The molecule has 0 saturated carbocycles. The molecule has 0 aromatic rings. The van der Waals surface area contributed by atoms with Gasteiger partial charge in [-0.25, -0.2) is 0 Å². The Morgan fingerprint density at radius 3 is 2.12 bits per heavy atom. The maximum atomic E-state index is 3.79. The molecule has 0 aromatic carbocycles. The van der Waals surface area contributed by atoms with Gasteiger partial charge in [0.1, 0.15) is 0 Å². The molecule has 0 aliphatic rings. The second kappa shape index (κ2) is 11.1. The lowest BCUT2D eigenvalue weighted by Gasteiger charge is -2.23. The third kappa shape index (κ3) is 8.65. The van der Waals surface area contributed by atoms with Crippen LogP contribution in [0.1, 0.15) is 79.6 Å². The van der Waals surface area contributed by atoms with Crippen molar-refractivity contribution >= 4 is 0 Å². The number of rotatable bonds is 11. The Hall–Kier alpha value is -0.0400. The minimum atomic E-state index is 0.737. The smallest absolute Gasteiger partial charge is 0.00670 e. The van der Waals surface area contributed by atoms with Crippen LogP contribution in [0.2, 0.25) is 0 Å². The van der Waals surface area contributed by atoms with Crippen molar-refractivity contribution in [1.82, 2.24) is 5.32 Å². The molecule has 1 heteroatoms. The number of hydrogen-bond donors (Lipinski definition) is 1. The van der Waals surface area contributed by atoms with Gasteiger partial charge in [0.15, 0.2) is 0 Å². The van der Waals surface area contributed by atoms with Crippen LogP contribution >= 0.6 is 0 Å². The molecule has 3 unspecified atom stereocenters. The quantitative estimate of drug-likeness (QED) is 0.536. The van der Waals surface area contributed by atoms with Crippen molar-refractivity contribution in [2.45, 2.75) is 85.6 Å². The summed E-state index contributed by atoms with van der Waals surface area (Å²) in [7, 11) is 0. The van der Waals surface area contributed by atoms with Gasteiger partial charge >= 0.3 is 0 Å². The summed E-state index contributed by atoms with van der Waals surface area (Å²) in [5.41, 5.74) is 0. The van der Waals surface area contributed by atoms with Gasteiger partial charge in [-0.1, -0.05) is 60.3 Å². The van der Waals surface area contributed by atoms with E-state index in [1.165, 1.54) is 51.5 Å². The molecule has 1 nitrogen and oxygen atoms in total. The van der Waals surface area contributed by atoms with E-state index in [9.17, 15) is 0 Å². The van der Waals surface area contributed by atoms with Crippen molar-refractivity contribution in [3.05, 3.63) is 0 Å². The lowest BCUT2D eigenvalue weighted by atomic mass is 9.95. The SMILES string of the molecule is CCCCC(CC)CNC(CC)CC(C)CC. The van der Waals surface area contributed by atoms with Crippen LogP contribution in [0.4, 0.5) is 0 Å². The van der Waals surface area contributed by atoms with E-state index in [-0.39, 0.29) is 0 Å². The van der Waals surface area contributed by atoms with E-state index >= 15 is 0 Å². The third-order valence-corrected chi connectivity index (χ3v) is 4.12. The maximum absolute atomic E-state index is 3.79. The molecule has 0 aromatic heterocycles. The van der Waals surface area contributed by atoms with Gasteiger partial charge in [0.25, 0.3) is 0 Å². The summed E-state index contributed by atoms with van der Waals surface area (Å²) in [4.78, 5) is 0. The van der Waals surface area contributed by atoms with E-state index in [1.807, 2.05) is 0 Å². The summed E-state index contributed by atoms with van der Waals surface area (Å²) >= 11 is 0. The van der Waals surface area contributed by atoms with Crippen molar-refractivity contribution < 1.29 is 0 Å². The van der Waals surface area contributed by atoms with Crippen LogP contribution in [0.5, 0.6) is 0 Å². The molecule has 0 radical (unpaired) electrons. The Morgan fingerprint density at radius 2 is 1.65 bits per heavy atom. The monoisotopic (exact) mass is 241 g/mol. The van der Waals surface area contributed by atoms with Crippen molar-refractivity contribution in [1.29, 1.82) is 0 Å². The van der Waals surface area contributed by atoms with Crippen molar-refractivity contribution in [3.63, 3.8) is 0 Å². The first kappa shape index (κ1) is 17.0. The normalized spacial score (nSPS) is 16.8. The van der Waals surface area contributed by atoms with Gasteiger partial charge in [0.05, 0.1) is 0 Å². The molecular weight excluding hydrogens is 206 g/mol. The fraction of sp³-hybridized carbons (Fsp3) is 1.00. The highest BCUT2D eigenvalue weighted by molar-refractivity contribution is 4.70. The summed E-state index contributed by atoms with van der Waals surface area (Å²) in [6.45, 7) is 12.8. The molecule has 0 fully saturated rings. The summed E-state index contributed by atoms with van der Waals surface area (Å²) in [5, 5.41) is 3.79. The molecule has 3 atom stereocenters. The van der Waals surface area contributed by atoms with Crippen LogP contribution in [-0.2, 0) is 0 Å². The van der Waals surface area contributed by atoms with Crippen LogP contribution in [-0.4, -0.2) is 12.6 Å². The van der Waals surface area contributed by atoms with Crippen LogP contribution in [0.25, 0.3) is 0 Å². The number of hydrogen-bond acceptors (Lipinski definition) is 1. The minimum Gasteiger partial charge on any atom is -0.314 e. The zero-order chi connectivity index (χ0) is 13.1. The average molecular weight is 241 g/mol. The molecule has 0 rings (SSSR count). The largest absolute Gasteiger partial charge is 0.314 e. The summed E-state index contributed by atoms with van der Waals surface area (Å²) in [6.07, 6.45) is 9.38. The highest BCUT2D eigenvalue weighted by Crippen LogP contribution is 2.15. The molecule has 0 amide bonds. The van der Waals surface area contributed by atoms with Crippen LogP contribution in [0, 0.1) is 11.8 Å². The molecular formula is C16H35N. The predicted octanol–water partition coefficient (Wildman–Crippen LogP) is 5.01. The Balaban J connectivity index is 3.85. The summed E-state index contributed by atoms with van der Waals surface area (Å²) in [5.74, 6) is 1.75. The van der Waals surface area contributed by atoms with Gasteiger partial charge in [-0.2, -0.15) is 0 Å². The number of unbranched alkanes of at least 4 members (excludes halogenated alkanes) is 1. The molecule has 17 heavy (non-hydrogen) atoms. The topological polar surface area (TPSA) is 12.0 Å². The predicted molar refractivity (Wildman–Crippen MR) is 79.5 cm³/mol. The van der Waals surface area contributed by atoms with Crippen molar-refractivity contribution in [3.8, 4) is 0 Å². The van der Waals surface area contributed by atoms with Gasteiger partial charge < -0.3 is 5.32 Å². The van der Waals surface area contributed by atoms with Gasteiger partial charge in [-0.15, -0.1) is 0 Å². The van der Waals surface area contributed by atoms with Gasteiger partial charge in [0.2, 0.25) is 0 Å². The van der Waals surface area contributed by atoms with E-state index in [2.05, 4.69) is 39.9 Å². The van der Waals surface area contributed by atoms with Crippen LogP contribution in [0.15, 0.2) is 0 Å². The Morgan fingerprint density at radius 1 is 0.941 bits per heavy atom. The van der Waals surface area contributed by atoms with E-state index < -0.39 is 0 Å². The lowest BCUT2D eigenvalue weighted by Crippen LogP contribution is -2.34. The second-order valence-corrected chi connectivity index (χ2v) is 5.68. The zero-order valence-electron chi connectivity index (χ0n) is 12.9. The summed E-state index contributed by atoms with van der Waals surface area (Å²) < 4.78 is 0. The molecule has 0 aliphatic carbocycles. The lowest BCUT2D eigenvalue weighted by molar-refractivity contribution is 0.341. The van der Waals surface area contributed by atoms with E-state index in [4.69, 9.17) is 0 Å². The molecule has 1 N–H and O–H groups in total. The first-order valence-electron chi connectivity index (χ1n) is 7.91. The van der Waals surface area contributed by atoms with E-state index in [0.29, 0.717) is 0 Å². The molecule has 0 saturated heterocycles. The van der Waals surface area contributed by atoms with E-state index in [0.717, 1.165) is 17.9 Å².